The van der Waals surface area contributed by atoms with Gasteiger partial charge in [-0.2, -0.15) is 0 Å². The van der Waals surface area contributed by atoms with Gasteiger partial charge < -0.3 is 10.7 Å². The molecule has 18 heavy (non-hydrogen) atoms. The Morgan fingerprint density at radius 2 is 2.11 bits per heavy atom. The van der Waals surface area contributed by atoms with Crippen molar-refractivity contribution in [1.29, 1.82) is 0 Å². The zero-order valence-electron chi connectivity index (χ0n) is 9.71. The van der Waals surface area contributed by atoms with E-state index in [2.05, 4.69) is 32.9 Å². The Kier molecular flexibility index (Phi) is 2.64. The number of hydrogen-bond acceptors (Lipinski definition) is 5. The fourth-order valence-electron chi connectivity index (χ4n) is 1.66. The van der Waals surface area contributed by atoms with Crippen molar-refractivity contribution in [1.82, 2.24) is 19.9 Å². The maximum absolute atomic E-state index is 5.59. The maximum Gasteiger partial charge on any atom is 0.172 e. The number of anilines is 1. The number of nitrogens with two attached hydrogens (primary N) is 1. The SMILES string of the molecule is Cc1ccc2nc(Sc3cncc(N)n3)[nH]c2c1. The third-order valence-corrected chi connectivity index (χ3v) is 3.24. The van der Waals surface area contributed by atoms with E-state index >= 15 is 0 Å². The molecule has 3 rings (SSSR count). The molecule has 0 amide bonds. The van der Waals surface area contributed by atoms with Crippen LogP contribution in [0.1, 0.15) is 5.56 Å². The molecule has 0 unspecified atom stereocenters. The molecule has 5 nitrogen and oxygen atoms in total. The van der Waals surface area contributed by atoms with E-state index in [0.29, 0.717) is 5.82 Å². The molecule has 0 atom stereocenters. The predicted octanol–water partition coefficient (Wildman–Crippen LogP) is 2.39. The number of rotatable bonds is 2. The summed E-state index contributed by atoms with van der Waals surface area (Å²) in [4.78, 5) is 15.9. The maximum atomic E-state index is 5.59. The zero-order chi connectivity index (χ0) is 12.5. The highest BCUT2D eigenvalue weighted by molar-refractivity contribution is 7.99. The molecule has 6 heteroatoms. The molecule has 0 aliphatic heterocycles. The van der Waals surface area contributed by atoms with E-state index in [4.69, 9.17) is 5.73 Å². The van der Waals surface area contributed by atoms with Crippen molar-refractivity contribution in [2.45, 2.75) is 17.1 Å². The van der Waals surface area contributed by atoms with Gasteiger partial charge in [0.15, 0.2) is 5.16 Å². The van der Waals surface area contributed by atoms with Crippen LogP contribution in [0.25, 0.3) is 11.0 Å². The number of aromatic nitrogens is 4. The predicted molar refractivity (Wildman–Crippen MR) is 71.4 cm³/mol. The molecule has 1 aromatic carbocycles. The molecule has 2 heterocycles. The number of benzene rings is 1. The molecule has 0 saturated carbocycles. The van der Waals surface area contributed by atoms with Crippen molar-refractivity contribution in [2.24, 2.45) is 0 Å². The first-order chi connectivity index (χ1) is 8.70. The van der Waals surface area contributed by atoms with Gasteiger partial charge >= 0.3 is 0 Å². The number of aryl methyl sites for hydroxylation is 1. The van der Waals surface area contributed by atoms with E-state index in [1.54, 1.807) is 6.20 Å². The van der Waals surface area contributed by atoms with E-state index in [1.807, 2.05) is 12.1 Å². The average molecular weight is 257 g/mol. The quantitative estimate of drug-likeness (QED) is 0.736. The molecule has 0 fully saturated rings. The number of hydrogen-bond donors (Lipinski definition) is 2. The van der Waals surface area contributed by atoms with Gasteiger partial charge in [0.2, 0.25) is 0 Å². The Morgan fingerprint density at radius 3 is 2.94 bits per heavy atom. The number of nitrogens with one attached hydrogen (secondary N) is 1. The lowest BCUT2D eigenvalue weighted by molar-refractivity contribution is 1.03. The summed E-state index contributed by atoms with van der Waals surface area (Å²) >= 11 is 1.41. The summed E-state index contributed by atoms with van der Waals surface area (Å²) in [7, 11) is 0. The van der Waals surface area contributed by atoms with Crippen LogP contribution >= 0.6 is 11.8 Å². The minimum Gasteiger partial charge on any atom is -0.382 e. The van der Waals surface area contributed by atoms with Crippen molar-refractivity contribution < 1.29 is 0 Å². The van der Waals surface area contributed by atoms with Crippen molar-refractivity contribution in [2.75, 3.05) is 5.73 Å². The lowest BCUT2D eigenvalue weighted by atomic mass is 10.2. The van der Waals surface area contributed by atoms with E-state index in [-0.39, 0.29) is 0 Å². The number of imidazole rings is 1. The molecule has 0 bridgehead atoms. The topological polar surface area (TPSA) is 80.5 Å². The van der Waals surface area contributed by atoms with Crippen molar-refractivity contribution >= 4 is 28.6 Å². The van der Waals surface area contributed by atoms with Gasteiger partial charge in [-0.25, -0.2) is 9.97 Å². The summed E-state index contributed by atoms with van der Waals surface area (Å²) < 4.78 is 0. The highest BCUT2D eigenvalue weighted by Gasteiger charge is 2.06. The zero-order valence-corrected chi connectivity index (χ0v) is 10.5. The molecule has 3 aromatic rings. The third-order valence-electron chi connectivity index (χ3n) is 2.45. The van der Waals surface area contributed by atoms with Crippen LogP contribution in [0, 0.1) is 6.92 Å². The summed E-state index contributed by atoms with van der Waals surface area (Å²) in [6, 6.07) is 6.10. The van der Waals surface area contributed by atoms with Crippen LogP contribution in [0.15, 0.2) is 40.8 Å². The Bertz CT molecular complexity index is 707. The molecule has 3 N–H and O–H groups in total. The van der Waals surface area contributed by atoms with Gasteiger partial charge in [0.25, 0.3) is 0 Å². The number of nitrogen functional groups attached to an aromatic ring is 1. The summed E-state index contributed by atoms with van der Waals surface area (Å²) in [6.07, 6.45) is 3.19. The highest BCUT2D eigenvalue weighted by Crippen LogP contribution is 2.25. The van der Waals surface area contributed by atoms with Gasteiger partial charge in [0.05, 0.1) is 23.4 Å². The lowest BCUT2D eigenvalue weighted by Crippen LogP contribution is -1.92. The van der Waals surface area contributed by atoms with Crippen LogP contribution in [0.4, 0.5) is 5.82 Å². The second kappa shape index (κ2) is 4.30. The Balaban J connectivity index is 1.95. The highest BCUT2D eigenvalue weighted by atomic mass is 32.2. The molecule has 0 spiro atoms. The number of fused-ring (bicyclic) bond motifs is 1. The number of aromatic amines is 1. The van der Waals surface area contributed by atoms with Crippen LogP contribution in [-0.4, -0.2) is 19.9 Å². The largest absolute Gasteiger partial charge is 0.382 e. The minimum absolute atomic E-state index is 0.409. The van der Waals surface area contributed by atoms with E-state index in [9.17, 15) is 0 Å². The average Bonchev–Trinajstić information content (AvgIpc) is 2.70. The number of H-pyrrole nitrogens is 1. The summed E-state index contributed by atoms with van der Waals surface area (Å²) in [5.74, 6) is 0.409. The first-order valence-corrected chi connectivity index (χ1v) is 6.24. The minimum atomic E-state index is 0.409. The van der Waals surface area contributed by atoms with Gasteiger partial charge in [-0.15, -0.1) is 0 Å². The monoisotopic (exact) mass is 257 g/mol. The molecular weight excluding hydrogens is 246 g/mol. The fourth-order valence-corrected chi connectivity index (χ4v) is 2.43. The summed E-state index contributed by atoms with van der Waals surface area (Å²) in [5.41, 5.74) is 8.76. The Labute approximate surface area is 108 Å². The fraction of sp³-hybridized carbons (Fsp3) is 0.0833. The van der Waals surface area contributed by atoms with Crippen molar-refractivity contribution in [3.05, 3.63) is 36.2 Å². The number of nitrogens with zero attached hydrogens (tertiary/aromatic N) is 3. The summed E-state index contributed by atoms with van der Waals surface area (Å²) in [6.45, 7) is 2.05. The van der Waals surface area contributed by atoms with Gasteiger partial charge in [-0.05, 0) is 36.4 Å². The molecule has 0 aliphatic rings. The van der Waals surface area contributed by atoms with Gasteiger partial charge in [-0.1, -0.05) is 6.07 Å². The second-order valence-electron chi connectivity index (χ2n) is 3.95. The van der Waals surface area contributed by atoms with Crippen LogP contribution in [0.3, 0.4) is 0 Å². The first kappa shape index (κ1) is 11.0. The lowest BCUT2D eigenvalue weighted by Gasteiger charge is -1.96. The van der Waals surface area contributed by atoms with Crippen molar-refractivity contribution in [3.8, 4) is 0 Å². The van der Waals surface area contributed by atoms with Crippen LogP contribution < -0.4 is 5.73 Å². The smallest absolute Gasteiger partial charge is 0.172 e. The van der Waals surface area contributed by atoms with Crippen LogP contribution in [-0.2, 0) is 0 Å². The third kappa shape index (κ3) is 2.14. The molecule has 0 saturated heterocycles. The summed E-state index contributed by atoms with van der Waals surface area (Å²) in [5, 5.41) is 1.52. The van der Waals surface area contributed by atoms with E-state index < -0.39 is 0 Å². The second-order valence-corrected chi connectivity index (χ2v) is 4.96. The van der Waals surface area contributed by atoms with E-state index in [0.717, 1.165) is 21.2 Å². The molecule has 0 radical (unpaired) electrons. The normalized spacial score (nSPS) is 10.9. The molecule has 90 valence electrons. The molecular formula is C12H11N5S. The molecule has 0 aliphatic carbocycles. The van der Waals surface area contributed by atoms with E-state index in [1.165, 1.54) is 23.5 Å². The Morgan fingerprint density at radius 1 is 1.22 bits per heavy atom. The van der Waals surface area contributed by atoms with Gasteiger partial charge in [0.1, 0.15) is 10.8 Å². The van der Waals surface area contributed by atoms with Gasteiger partial charge in [-0.3, -0.25) is 4.98 Å². The van der Waals surface area contributed by atoms with Gasteiger partial charge in [0, 0.05) is 0 Å². The van der Waals surface area contributed by atoms with Crippen LogP contribution in [0.5, 0.6) is 0 Å². The Hall–Kier alpha value is -2.08. The van der Waals surface area contributed by atoms with Crippen molar-refractivity contribution in [3.63, 3.8) is 0 Å². The first-order valence-electron chi connectivity index (χ1n) is 5.42. The van der Waals surface area contributed by atoms with Crippen LogP contribution in [0.2, 0.25) is 0 Å². The standard InChI is InChI=1S/C12H11N5S/c1-7-2-3-8-9(4-7)16-12(15-8)18-11-6-14-5-10(13)17-11/h2-6H,1H3,(H2,13,17)(H,15,16). The molecule has 2 aromatic heterocycles.